The van der Waals surface area contributed by atoms with E-state index in [-0.39, 0.29) is 18.2 Å². The molecule has 1 aromatic carbocycles. The first-order chi connectivity index (χ1) is 11.5. The molecule has 0 unspecified atom stereocenters. The second-order valence-corrected chi connectivity index (χ2v) is 6.34. The van der Waals surface area contributed by atoms with Crippen LogP contribution in [0, 0.1) is 13.8 Å². The van der Waals surface area contributed by atoms with Crippen LogP contribution in [0.4, 0.5) is 10.5 Å². The Hall–Kier alpha value is -2.27. The van der Waals surface area contributed by atoms with Crippen molar-refractivity contribution in [3.63, 3.8) is 0 Å². The molecule has 1 amide bonds. The Morgan fingerprint density at radius 2 is 1.96 bits per heavy atom. The SMILES string of the molecule is Cc1cc([C@H](C)N[C@@H](C)c2cccc(N3CCOC3=O)c2)c(C)o1. The normalized spacial score (nSPS) is 17.0. The first-order valence-electron chi connectivity index (χ1n) is 8.33. The predicted octanol–water partition coefficient (Wildman–Crippen LogP) is 4.26. The van der Waals surface area contributed by atoms with Crippen LogP contribution in [-0.4, -0.2) is 19.2 Å². The molecule has 1 fully saturated rings. The predicted molar refractivity (Wildman–Crippen MR) is 93.3 cm³/mol. The molecule has 1 saturated heterocycles. The summed E-state index contributed by atoms with van der Waals surface area (Å²) < 4.78 is 10.6. The first kappa shape index (κ1) is 16.6. The number of amides is 1. The number of nitrogens with one attached hydrogen (secondary N) is 1. The van der Waals surface area contributed by atoms with E-state index >= 15 is 0 Å². The fourth-order valence-corrected chi connectivity index (χ4v) is 3.23. The van der Waals surface area contributed by atoms with Crippen LogP contribution < -0.4 is 10.2 Å². The van der Waals surface area contributed by atoms with Crippen molar-refractivity contribution >= 4 is 11.8 Å². The molecule has 0 aliphatic carbocycles. The number of furan rings is 1. The van der Waals surface area contributed by atoms with Crippen molar-refractivity contribution in [1.82, 2.24) is 5.32 Å². The van der Waals surface area contributed by atoms with E-state index in [1.165, 1.54) is 5.56 Å². The molecule has 0 spiro atoms. The largest absolute Gasteiger partial charge is 0.466 e. The minimum absolute atomic E-state index is 0.146. The average Bonchev–Trinajstić information content (AvgIpc) is 3.12. The zero-order valence-electron chi connectivity index (χ0n) is 14.6. The van der Waals surface area contributed by atoms with Crippen LogP contribution in [0.2, 0.25) is 0 Å². The highest BCUT2D eigenvalue weighted by molar-refractivity contribution is 5.89. The number of benzene rings is 1. The van der Waals surface area contributed by atoms with Gasteiger partial charge in [0, 0.05) is 23.3 Å². The van der Waals surface area contributed by atoms with Crippen molar-refractivity contribution in [3.8, 4) is 0 Å². The van der Waals surface area contributed by atoms with Crippen molar-refractivity contribution < 1.29 is 13.9 Å². The van der Waals surface area contributed by atoms with Crippen LogP contribution in [0.1, 0.15) is 48.6 Å². The van der Waals surface area contributed by atoms with Crippen LogP contribution in [0.5, 0.6) is 0 Å². The maximum Gasteiger partial charge on any atom is 0.414 e. The topological polar surface area (TPSA) is 54.7 Å². The average molecular weight is 328 g/mol. The maximum atomic E-state index is 11.7. The Balaban J connectivity index is 1.74. The number of carbonyl (C=O) groups is 1. The first-order valence-corrected chi connectivity index (χ1v) is 8.33. The fourth-order valence-electron chi connectivity index (χ4n) is 3.23. The van der Waals surface area contributed by atoms with Gasteiger partial charge in [-0.2, -0.15) is 0 Å². The van der Waals surface area contributed by atoms with Gasteiger partial charge in [-0.05, 0) is 51.5 Å². The number of hydrogen-bond donors (Lipinski definition) is 1. The van der Waals surface area contributed by atoms with Crippen LogP contribution >= 0.6 is 0 Å². The Labute approximate surface area is 142 Å². The zero-order chi connectivity index (χ0) is 17.3. The van der Waals surface area contributed by atoms with Crippen molar-refractivity contribution in [3.05, 3.63) is 53.0 Å². The molecule has 24 heavy (non-hydrogen) atoms. The Bertz CT molecular complexity index is 738. The van der Waals surface area contributed by atoms with Crippen molar-refractivity contribution in [2.45, 2.75) is 39.8 Å². The third-order valence-corrected chi connectivity index (χ3v) is 4.49. The summed E-state index contributed by atoms with van der Waals surface area (Å²) in [5, 5.41) is 3.60. The van der Waals surface area contributed by atoms with E-state index in [2.05, 4.69) is 31.3 Å². The van der Waals surface area contributed by atoms with Gasteiger partial charge in [-0.15, -0.1) is 0 Å². The molecular weight excluding hydrogens is 304 g/mol. The smallest absolute Gasteiger partial charge is 0.414 e. The second-order valence-electron chi connectivity index (χ2n) is 6.34. The number of ether oxygens (including phenoxy) is 1. The van der Waals surface area contributed by atoms with Crippen LogP contribution in [0.3, 0.4) is 0 Å². The lowest BCUT2D eigenvalue weighted by Gasteiger charge is -2.22. The second kappa shape index (κ2) is 6.69. The summed E-state index contributed by atoms with van der Waals surface area (Å²) in [6.07, 6.45) is -0.273. The number of aryl methyl sites for hydroxylation is 2. The van der Waals surface area contributed by atoms with Gasteiger partial charge in [0.1, 0.15) is 18.1 Å². The lowest BCUT2D eigenvalue weighted by atomic mass is 10.0. The summed E-state index contributed by atoms with van der Waals surface area (Å²) >= 11 is 0. The molecule has 2 heterocycles. The fraction of sp³-hybridized carbons (Fsp3) is 0.421. The highest BCUT2D eigenvalue weighted by Gasteiger charge is 2.24. The van der Waals surface area contributed by atoms with Gasteiger partial charge >= 0.3 is 6.09 Å². The third kappa shape index (κ3) is 3.31. The molecule has 1 aliphatic rings. The summed E-state index contributed by atoms with van der Waals surface area (Å²) in [6.45, 7) is 9.27. The maximum absolute atomic E-state index is 11.7. The lowest BCUT2D eigenvalue weighted by molar-refractivity contribution is 0.181. The van der Waals surface area contributed by atoms with Crippen LogP contribution in [0.25, 0.3) is 0 Å². The van der Waals surface area contributed by atoms with Gasteiger partial charge in [-0.1, -0.05) is 12.1 Å². The van der Waals surface area contributed by atoms with Crippen LogP contribution in [0.15, 0.2) is 34.7 Å². The summed E-state index contributed by atoms with van der Waals surface area (Å²) in [4.78, 5) is 13.4. The van der Waals surface area contributed by atoms with Gasteiger partial charge < -0.3 is 14.5 Å². The molecule has 0 saturated carbocycles. The number of anilines is 1. The summed E-state index contributed by atoms with van der Waals surface area (Å²) in [5.41, 5.74) is 3.20. The molecule has 128 valence electrons. The third-order valence-electron chi connectivity index (χ3n) is 4.49. The van der Waals surface area contributed by atoms with E-state index in [0.29, 0.717) is 13.2 Å². The summed E-state index contributed by atoms with van der Waals surface area (Å²) in [7, 11) is 0. The van der Waals surface area contributed by atoms with E-state index in [9.17, 15) is 4.79 Å². The van der Waals surface area contributed by atoms with Crippen molar-refractivity contribution in [2.75, 3.05) is 18.1 Å². The quantitative estimate of drug-likeness (QED) is 0.891. The van der Waals surface area contributed by atoms with E-state index in [1.54, 1.807) is 4.90 Å². The van der Waals surface area contributed by atoms with Gasteiger partial charge in [-0.25, -0.2) is 4.79 Å². The van der Waals surface area contributed by atoms with Gasteiger partial charge in [0.15, 0.2) is 0 Å². The monoisotopic (exact) mass is 328 g/mol. The zero-order valence-corrected chi connectivity index (χ0v) is 14.6. The molecule has 0 bridgehead atoms. The molecule has 2 aromatic rings. The highest BCUT2D eigenvalue weighted by Crippen LogP contribution is 2.27. The van der Waals surface area contributed by atoms with Crippen LogP contribution in [-0.2, 0) is 4.74 Å². The van der Waals surface area contributed by atoms with E-state index in [0.717, 1.165) is 22.8 Å². The van der Waals surface area contributed by atoms with E-state index in [1.807, 2.05) is 32.0 Å². The van der Waals surface area contributed by atoms with Gasteiger partial charge in [0.25, 0.3) is 0 Å². The molecule has 5 heteroatoms. The molecule has 5 nitrogen and oxygen atoms in total. The summed E-state index contributed by atoms with van der Waals surface area (Å²) in [5.74, 6) is 1.88. The Morgan fingerprint density at radius 1 is 1.17 bits per heavy atom. The molecule has 1 aromatic heterocycles. The minimum Gasteiger partial charge on any atom is -0.466 e. The minimum atomic E-state index is -0.273. The molecule has 2 atom stereocenters. The molecule has 0 radical (unpaired) electrons. The molecule has 1 N–H and O–H groups in total. The molecule has 3 rings (SSSR count). The van der Waals surface area contributed by atoms with Gasteiger partial charge in [-0.3, -0.25) is 4.90 Å². The number of carbonyl (C=O) groups excluding carboxylic acids is 1. The standard InChI is InChI=1S/C19H24N2O3/c1-12-10-18(15(4)24-12)14(3)20-13(2)16-6-5-7-17(11-16)21-8-9-23-19(21)22/h5-7,10-11,13-14,20H,8-9H2,1-4H3/t13-,14-/m0/s1. The van der Waals surface area contributed by atoms with Crippen molar-refractivity contribution in [1.29, 1.82) is 0 Å². The Kier molecular flexibility index (Phi) is 4.62. The van der Waals surface area contributed by atoms with Crippen molar-refractivity contribution in [2.24, 2.45) is 0 Å². The van der Waals surface area contributed by atoms with Gasteiger partial charge in [0.05, 0.1) is 6.54 Å². The Morgan fingerprint density at radius 3 is 2.58 bits per heavy atom. The van der Waals surface area contributed by atoms with E-state index in [4.69, 9.17) is 9.15 Å². The van der Waals surface area contributed by atoms with Gasteiger partial charge in [0.2, 0.25) is 0 Å². The number of rotatable bonds is 5. The lowest BCUT2D eigenvalue weighted by Crippen LogP contribution is -2.25. The number of cyclic esters (lactones) is 1. The molecule has 1 aliphatic heterocycles. The number of nitrogens with zero attached hydrogens (tertiary/aromatic N) is 1. The summed E-state index contributed by atoms with van der Waals surface area (Å²) in [6, 6.07) is 10.4. The highest BCUT2D eigenvalue weighted by atomic mass is 16.6. The van der Waals surface area contributed by atoms with E-state index < -0.39 is 0 Å². The molecular formula is C19H24N2O3. The number of hydrogen-bond acceptors (Lipinski definition) is 4.